The second-order valence-electron chi connectivity index (χ2n) is 6.88. The highest BCUT2D eigenvalue weighted by atomic mass is 79.9. The molecule has 35 heavy (non-hydrogen) atoms. The summed E-state index contributed by atoms with van der Waals surface area (Å²) in [6.07, 6.45) is -3.05. The Hall–Kier alpha value is -2.48. The first-order valence-electron chi connectivity index (χ1n) is 9.70. The number of amides is 2. The van der Waals surface area contributed by atoms with Crippen molar-refractivity contribution in [2.45, 2.75) is 19.5 Å². The van der Waals surface area contributed by atoms with Crippen molar-refractivity contribution in [3.8, 4) is 5.82 Å². The Balaban J connectivity index is 2.06. The first-order valence-corrected chi connectivity index (χ1v) is 12.6. The molecule has 0 fully saturated rings. The summed E-state index contributed by atoms with van der Waals surface area (Å²) in [5.41, 5.74) is -2.19. The van der Waals surface area contributed by atoms with E-state index in [4.69, 9.17) is 23.2 Å². The predicted octanol–water partition coefficient (Wildman–Crippen LogP) is 5.41. The van der Waals surface area contributed by atoms with E-state index in [2.05, 4.69) is 36.1 Å². The minimum absolute atomic E-state index is 0.0514. The molecule has 2 aromatic heterocycles. The molecule has 0 aliphatic carbocycles. The Bertz CT molecular complexity index is 1320. The Morgan fingerprint density at radius 3 is 2.54 bits per heavy atom. The van der Waals surface area contributed by atoms with E-state index in [1.807, 2.05) is 0 Å². The maximum Gasteiger partial charge on any atom is 0.435 e. The number of halogens is 6. The van der Waals surface area contributed by atoms with Crippen LogP contribution in [0.4, 0.5) is 18.9 Å². The summed E-state index contributed by atoms with van der Waals surface area (Å²) in [4.78, 5) is 29.8. The zero-order chi connectivity index (χ0) is 25.9. The summed E-state index contributed by atoms with van der Waals surface area (Å²) in [5.74, 6) is -1.88. The van der Waals surface area contributed by atoms with Gasteiger partial charge in [0, 0.05) is 27.5 Å². The van der Waals surface area contributed by atoms with Crippen LogP contribution in [0.25, 0.3) is 5.82 Å². The van der Waals surface area contributed by atoms with E-state index in [9.17, 15) is 27.0 Å². The SMILES string of the molecule is CCCS(=O)NC(=O)c1cc(Cl)cc(Br)c1NC(=O)c1cc(C(F)(F)F)nn1-c1ncccc1Cl. The van der Waals surface area contributed by atoms with E-state index in [0.717, 1.165) is 0 Å². The van der Waals surface area contributed by atoms with Crippen LogP contribution < -0.4 is 10.0 Å². The van der Waals surface area contributed by atoms with E-state index < -0.39 is 40.4 Å². The van der Waals surface area contributed by atoms with Gasteiger partial charge in [0.2, 0.25) is 0 Å². The van der Waals surface area contributed by atoms with Crippen LogP contribution in [0.2, 0.25) is 10.0 Å². The first-order chi connectivity index (χ1) is 16.4. The molecule has 3 rings (SSSR count). The lowest BCUT2D eigenvalue weighted by atomic mass is 10.1. The predicted molar refractivity (Wildman–Crippen MR) is 129 cm³/mol. The summed E-state index contributed by atoms with van der Waals surface area (Å²) in [7, 11) is -1.69. The van der Waals surface area contributed by atoms with E-state index in [-0.39, 0.29) is 37.3 Å². The quantitative estimate of drug-likeness (QED) is 0.371. The van der Waals surface area contributed by atoms with Crippen LogP contribution in [0.1, 0.15) is 39.9 Å². The Morgan fingerprint density at radius 2 is 1.91 bits per heavy atom. The third kappa shape index (κ3) is 6.40. The van der Waals surface area contributed by atoms with Crippen molar-refractivity contribution in [1.29, 1.82) is 0 Å². The van der Waals surface area contributed by atoms with Crippen molar-refractivity contribution < 1.29 is 27.0 Å². The maximum absolute atomic E-state index is 13.4. The molecule has 2 N–H and O–H groups in total. The summed E-state index contributed by atoms with van der Waals surface area (Å²) in [5, 5.41) is 5.93. The highest BCUT2D eigenvalue weighted by Crippen LogP contribution is 2.33. The van der Waals surface area contributed by atoms with Crippen molar-refractivity contribution in [3.05, 3.63) is 68.0 Å². The molecule has 3 aromatic rings. The molecular weight excluding hydrogens is 598 g/mol. The topological polar surface area (TPSA) is 106 Å². The molecule has 8 nitrogen and oxygen atoms in total. The molecule has 0 saturated carbocycles. The number of carbonyl (C=O) groups excluding carboxylic acids is 2. The Kier molecular flexibility index (Phi) is 8.57. The number of anilines is 1. The minimum Gasteiger partial charge on any atom is -0.319 e. The number of hydrogen-bond donors (Lipinski definition) is 2. The third-order valence-electron chi connectivity index (χ3n) is 4.31. The smallest absolute Gasteiger partial charge is 0.319 e. The lowest BCUT2D eigenvalue weighted by Gasteiger charge is -2.14. The number of nitrogens with zero attached hydrogens (tertiary/aromatic N) is 3. The molecule has 0 spiro atoms. The fourth-order valence-electron chi connectivity index (χ4n) is 2.83. The van der Waals surface area contributed by atoms with E-state index >= 15 is 0 Å². The van der Waals surface area contributed by atoms with Gasteiger partial charge in [-0.2, -0.15) is 18.3 Å². The molecule has 0 saturated heterocycles. The van der Waals surface area contributed by atoms with Gasteiger partial charge in [0.25, 0.3) is 11.8 Å². The van der Waals surface area contributed by atoms with Crippen LogP contribution in [0.15, 0.2) is 41.0 Å². The number of hydrogen-bond acceptors (Lipinski definition) is 5. The van der Waals surface area contributed by atoms with Crippen LogP contribution in [0, 0.1) is 0 Å². The van der Waals surface area contributed by atoms with Crippen LogP contribution >= 0.6 is 39.1 Å². The van der Waals surface area contributed by atoms with Gasteiger partial charge in [-0.15, -0.1) is 0 Å². The van der Waals surface area contributed by atoms with Gasteiger partial charge in [-0.25, -0.2) is 13.9 Å². The number of alkyl halides is 3. The van der Waals surface area contributed by atoms with Gasteiger partial charge in [-0.1, -0.05) is 30.1 Å². The van der Waals surface area contributed by atoms with Crippen molar-refractivity contribution in [1.82, 2.24) is 19.5 Å². The molecule has 1 aromatic carbocycles. The van der Waals surface area contributed by atoms with Crippen molar-refractivity contribution >= 4 is 67.6 Å². The second kappa shape index (κ2) is 11.1. The van der Waals surface area contributed by atoms with Crippen LogP contribution in [0.5, 0.6) is 0 Å². The molecule has 0 aliphatic rings. The lowest BCUT2D eigenvalue weighted by molar-refractivity contribution is -0.141. The van der Waals surface area contributed by atoms with Crippen molar-refractivity contribution in [3.63, 3.8) is 0 Å². The average Bonchev–Trinajstić information content (AvgIpc) is 3.21. The maximum atomic E-state index is 13.4. The van der Waals surface area contributed by atoms with E-state index in [0.29, 0.717) is 17.2 Å². The average molecular weight is 613 g/mol. The summed E-state index contributed by atoms with van der Waals surface area (Å²) < 4.78 is 55.2. The van der Waals surface area contributed by atoms with Gasteiger partial charge in [0.1, 0.15) is 16.7 Å². The van der Waals surface area contributed by atoms with Gasteiger partial charge in [0.05, 0.1) is 16.3 Å². The van der Waals surface area contributed by atoms with Crippen LogP contribution in [-0.2, 0) is 17.2 Å². The molecule has 1 unspecified atom stereocenters. The summed E-state index contributed by atoms with van der Waals surface area (Å²) in [6.45, 7) is 1.78. The van der Waals surface area contributed by atoms with Crippen LogP contribution in [-0.4, -0.2) is 36.5 Å². The minimum atomic E-state index is -4.86. The Labute approximate surface area is 217 Å². The standard InChI is InChI=1S/C20H15BrCl2F3N5O3S/c1-2-6-35(34)30-18(32)11-7-10(22)8-12(21)16(11)28-19(33)14-9-15(20(24,25)26)29-31(14)17-13(23)4-3-5-27-17/h3-5,7-9H,2,6H2,1H3,(H,28,33)(H,30,32). The highest BCUT2D eigenvalue weighted by Gasteiger charge is 2.37. The molecule has 0 aliphatic heterocycles. The molecule has 0 bridgehead atoms. The second-order valence-corrected chi connectivity index (χ2v) is 9.88. The zero-order valence-electron chi connectivity index (χ0n) is 17.6. The van der Waals surface area contributed by atoms with Crippen molar-refractivity contribution in [2.75, 3.05) is 11.1 Å². The summed E-state index contributed by atoms with van der Waals surface area (Å²) in [6, 6.07) is 5.94. The Morgan fingerprint density at radius 1 is 1.20 bits per heavy atom. The number of benzene rings is 1. The van der Waals surface area contributed by atoms with E-state index in [1.165, 1.54) is 30.5 Å². The van der Waals surface area contributed by atoms with Crippen LogP contribution in [0.3, 0.4) is 0 Å². The number of carbonyl (C=O) groups is 2. The molecular formula is C20H15BrCl2F3N5O3S. The largest absolute Gasteiger partial charge is 0.435 e. The van der Waals surface area contributed by atoms with Crippen molar-refractivity contribution in [2.24, 2.45) is 0 Å². The number of rotatable bonds is 7. The lowest BCUT2D eigenvalue weighted by Crippen LogP contribution is -2.29. The van der Waals surface area contributed by atoms with Gasteiger partial charge in [-0.3, -0.25) is 14.3 Å². The fourth-order valence-corrected chi connectivity index (χ4v) is 4.73. The molecule has 0 radical (unpaired) electrons. The highest BCUT2D eigenvalue weighted by molar-refractivity contribution is 9.10. The zero-order valence-corrected chi connectivity index (χ0v) is 21.5. The fraction of sp³-hybridized carbons (Fsp3) is 0.200. The molecule has 186 valence electrons. The molecule has 15 heteroatoms. The van der Waals surface area contributed by atoms with E-state index in [1.54, 1.807) is 6.92 Å². The van der Waals surface area contributed by atoms with Gasteiger partial charge < -0.3 is 5.32 Å². The first kappa shape index (κ1) is 27.1. The normalized spacial score (nSPS) is 12.3. The van der Waals surface area contributed by atoms with Gasteiger partial charge in [-0.05, 0) is 46.6 Å². The summed E-state index contributed by atoms with van der Waals surface area (Å²) >= 11 is 15.3. The molecule has 2 amide bonds. The van der Waals surface area contributed by atoms with Gasteiger partial charge in [0.15, 0.2) is 11.5 Å². The third-order valence-corrected chi connectivity index (χ3v) is 6.64. The number of nitrogens with one attached hydrogen (secondary N) is 2. The molecule has 2 heterocycles. The number of aromatic nitrogens is 3. The molecule has 1 atom stereocenters. The van der Waals surface area contributed by atoms with Gasteiger partial charge >= 0.3 is 6.18 Å². The number of pyridine rings is 1. The monoisotopic (exact) mass is 611 g/mol.